The van der Waals surface area contributed by atoms with Crippen molar-refractivity contribution in [2.45, 2.75) is 12.5 Å². The summed E-state index contributed by atoms with van der Waals surface area (Å²) in [6, 6.07) is 17.5. The van der Waals surface area contributed by atoms with E-state index in [1.54, 1.807) is 36.4 Å². The van der Waals surface area contributed by atoms with Crippen LogP contribution >= 0.6 is 27.5 Å². The number of benzodiazepines with no additional fused rings is 1. The van der Waals surface area contributed by atoms with Gasteiger partial charge in [-0.25, -0.2) is 0 Å². The van der Waals surface area contributed by atoms with Crippen LogP contribution in [0.15, 0.2) is 76.2 Å². The van der Waals surface area contributed by atoms with Gasteiger partial charge in [0.1, 0.15) is 12.6 Å². The Morgan fingerprint density at radius 3 is 2.51 bits per heavy atom. The highest BCUT2D eigenvalue weighted by atomic mass is 79.9. The van der Waals surface area contributed by atoms with Crippen molar-refractivity contribution in [1.29, 1.82) is 0 Å². The number of benzene rings is 3. The molecule has 1 amide bonds. The van der Waals surface area contributed by atoms with E-state index in [4.69, 9.17) is 21.3 Å². The molecule has 8 nitrogen and oxygen atoms in total. The Bertz CT molecular complexity index is 1340. The van der Waals surface area contributed by atoms with Crippen molar-refractivity contribution in [3.8, 4) is 0 Å². The van der Waals surface area contributed by atoms with Gasteiger partial charge >= 0.3 is 5.97 Å². The van der Waals surface area contributed by atoms with Crippen molar-refractivity contribution < 1.29 is 19.2 Å². The molecular weight excluding hydrogens is 538 g/mol. The minimum atomic E-state index is -0.918. The van der Waals surface area contributed by atoms with Crippen LogP contribution in [0.5, 0.6) is 0 Å². The first kappa shape index (κ1) is 24.6. The Hall–Kier alpha value is -3.56. The van der Waals surface area contributed by atoms with Gasteiger partial charge in [0.05, 0.1) is 23.4 Å². The van der Waals surface area contributed by atoms with Crippen molar-refractivity contribution in [3.05, 3.63) is 103 Å². The number of rotatable bonds is 6. The number of methoxy groups -OCH3 is 1. The second-order valence-corrected chi connectivity index (χ2v) is 9.09. The maximum absolute atomic E-state index is 13.7. The summed E-state index contributed by atoms with van der Waals surface area (Å²) in [5.41, 5.74) is 2.88. The Labute approximate surface area is 214 Å². The van der Waals surface area contributed by atoms with E-state index >= 15 is 0 Å². The van der Waals surface area contributed by atoms with Gasteiger partial charge in [0.25, 0.3) is 11.6 Å². The number of aliphatic imine (C=N–C) groups is 1. The number of ether oxygens (including phenoxy) is 1. The predicted octanol–water partition coefficient (Wildman–Crippen LogP) is 4.98. The fourth-order valence-electron chi connectivity index (χ4n) is 3.85. The average Bonchev–Trinajstić information content (AvgIpc) is 2.95. The molecule has 0 fully saturated rings. The van der Waals surface area contributed by atoms with Crippen molar-refractivity contribution in [2.75, 3.05) is 18.6 Å². The third kappa shape index (κ3) is 5.26. The summed E-state index contributed by atoms with van der Waals surface area (Å²) in [5, 5.41) is 11.5. The van der Waals surface area contributed by atoms with E-state index in [0.717, 1.165) is 4.47 Å². The molecule has 1 aliphatic heterocycles. The van der Waals surface area contributed by atoms with Crippen LogP contribution in [0.4, 0.5) is 11.4 Å². The fourth-order valence-corrected chi connectivity index (χ4v) is 4.43. The van der Waals surface area contributed by atoms with Crippen molar-refractivity contribution in [3.63, 3.8) is 0 Å². The molecule has 4 rings (SSSR count). The first-order chi connectivity index (χ1) is 16.8. The molecule has 0 saturated carbocycles. The van der Waals surface area contributed by atoms with Crippen LogP contribution in [0.3, 0.4) is 0 Å². The van der Waals surface area contributed by atoms with Gasteiger partial charge in [0, 0.05) is 39.2 Å². The highest BCUT2D eigenvalue weighted by Gasteiger charge is 2.34. The number of esters is 1. The number of nitro benzene ring substituents is 1. The Kier molecular flexibility index (Phi) is 7.28. The van der Waals surface area contributed by atoms with Gasteiger partial charge < -0.3 is 4.74 Å². The number of fused-ring (bicyclic) bond motifs is 1. The second-order valence-electron chi connectivity index (χ2n) is 7.76. The summed E-state index contributed by atoms with van der Waals surface area (Å²) in [4.78, 5) is 42.7. The number of nitro groups is 1. The summed E-state index contributed by atoms with van der Waals surface area (Å²) in [5.74, 6) is -0.984. The van der Waals surface area contributed by atoms with Crippen molar-refractivity contribution in [2.24, 2.45) is 4.99 Å². The molecule has 178 valence electrons. The zero-order valence-corrected chi connectivity index (χ0v) is 20.8. The molecule has 0 saturated heterocycles. The number of carbonyl (C=O) groups excluding carboxylic acids is 2. The van der Waals surface area contributed by atoms with Crippen LogP contribution in [-0.4, -0.2) is 42.2 Å². The zero-order valence-electron chi connectivity index (χ0n) is 18.5. The van der Waals surface area contributed by atoms with E-state index in [-0.39, 0.29) is 18.7 Å². The van der Waals surface area contributed by atoms with Gasteiger partial charge in [-0.3, -0.25) is 29.6 Å². The van der Waals surface area contributed by atoms with Crippen LogP contribution in [-0.2, 0) is 20.7 Å². The third-order valence-electron chi connectivity index (χ3n) is 5.56. The van der Waals surface area contributed by atoms with Crippen molar-refractivity contribution >= 4 is 56.5 Å². The Balaban J connectivity index is 1.88. The lowest BCUT2D eigenvalue weighted by Crippen LogP contribution is -2.42. The van der Waals surface area contributed by atoms with Gasteiger partial charge in [0.15, 0.2) is 0 Å². The minimum absolute atomic E-state index is 0.0502. The number of non-ortho nitro benzene ring substituents is 1. The molecule has 0 N–H and O–H groups in total. The average molecular weight is 557 g/mol. The molecule has 3 aromatic carbocycles. The number of anilines is 1. The van der Waals surface area contributed by atoms with E-state index in [1.807, 2.05) is 18.2 Å². The van der Waals surface area contributed by atoms with Crippen LogP contribution in [0, 0.1) is 10.1 Å². The van der Waals surface area contributed by atoms with Crippen LogP contribution in [0.25, 0.3) is 0 Å². The lowest BCUT2D eigenvalue weighted by molar-refractivity contribution is -0.384. The first-order valence-corrected chi connectivity index (χ1v) is 11.7. The van der Waals surface area contributed by atoms with Gasteiger partial charge in [-0.15, -0.1) is 0 Å². The third-order valence-corrected chi connectivity index (χ3v) is 6.38. The molecule has 1 atom stereocenters. The lowest BCUT2D eigenvalue weighted by atomic mass is 10.00. The molecule has 0 aliphatic carbocycles. The van der Waals surface area contributed by atoms with E-state index in [1.165, 1.54) is 24.1 Å². The fraction of sp³-hybridized carbons (Fsp3) is 0.160. The zero-order chi connectivity index (χ0) is 25.1. The number of nitrogens with zero attached hydrogens (tertiary/aromatic N) is 3. The van der Waals surface area contributed by atoms with Crippen molar-refractivity contribution in [1.82, 2.24) is 0 Å². The number of hydrogen-bond donors (Lipinski definition) is 0. The topological polar surface area (TPSA) is 102 Å². The van der Waals surface area contributed by atoms with Gasteiger partial charge in [0.2, 0.25) is 0 Å². The number of carbonyl (C=O) groups is 2. The number of halogens is 2. The normalized spacial score (nSPS) is 15.2. The minimum Gasteiger partial charge on any atom is -0.468 e. The SMILES string of the molecule is COC(=O)CN1C(=O)C(Cc2ccc([N+](=O)[O-])cc2)N=C(c2ccccc2Cl)c2cc(Br)ccc21. The molecule has 0 spiro atoms. The molecule has 3 aromatic rings. The maximum Gasteiger partial charge on any atom is 0.325 e. The van der Waals surface area contributed by atoms with E-state index in [0.29, 0.717) is 33.1 Å². The predicted molar refractivity (Wildman–Crippen MR) is 136 cm³/mol. The van der Waals surface area contributed by atoms with Gasteiger partial charge in [-0.05, 0) is 29.8 Å². The molecule has 35 heavy (non-hydrogen) atoms. The highest BCUT2D eigenvalue weighted by molar-refractivity contribution is 9.10. The van der Waals surface area contributed by atoms with Crippen LogP contribution in [0.2, 0.25) is 5.02 Å². The van der Waals surface area contributed by atoms with Crippen LogP contribution < -0.4 is 4.90 Å². The first-order valence-electron chi connectivity index (χ1n) is 10.5. The largest absolute Gasteiger partial charge is 0.468 e. The molecular formula is C25H19BrClN3O5. The molecule has 1 heterocycles. The smallest absolute Gasteiger partial charge is 0.325 e. The van der Waals surface area contributed by atoms with Gasteiger partial charge in [-0.1, -0.05) is 57.9 Å². The molecule has 1 aliphatic rings. The summed E-state index contributed by atoms with van der Waals surface area (Å²) in [7, 11) is 1.26. The molecule has 0 aromatic heterocycles. The van der Waals surface area contributed by atoms with Gasteiger partial charge in [-0.2, -0.15) is 0 Å². The summed E-state index contributed by atoms with van der Waals surface area (Å²) in [6.45, 7) is -0.300. The quantitative estimate of drug-likeness (QED) is 0.242. The van der Waals surface area contributed by atoms with Crippen LogP contribution in [0.1, 0.15) is 16.7 Å². The van der Waals surface area contributed by atoms with E-state index in [9.17, 15) is 19.7 Å². The molecule has 1 unspecified atom stereocenters. The molecule has 0 radical (unpaired) electrons. The summed E-state index contributed by atoms with van der Waals surface area (Å²) >= 11 is 10.0. The van der Waals surface area contributed by atoms with E-state index in [2.05, 4.69) is 15.9 Å². The molecule has 0 bridgehead atoms. The Morgan fingerprint density at radius 2 is 1.86 bits per heavy atom. The summed E-state index contributed by atoms with van der Waals surface area (Å²) < 4.78 is 5.60. The molecule has 10 heteroatoms. The number of amides is 1. The van der Waals surface area contributed by atoms with E-state index < -0.39 is 22.8 Å². The lowest BCUT2D eigenvalue weighted by Gasteiger charge is -2.24. The number of hydrogen-bond acceptors (Lipinski definition) is 6. The Morgan fingerprint density at radius 1 is 1.14 bits per heavy atom. The second kappa shape index (κ2) is 10.4. The maximum atomic E-state index is 13.7. The highest BCUT2D eigenvalue weighted by Crippen LogP contribution is 2.33. The standard InChI is InChI=1S/C25H19BrClN3O5/c1-35-23(31)14-29-22-11-8-16(26)13-19(22)24(18-4-2-3-5-20(18)27)28-21(25(29)32)12-15-6-9-17(10-7-15)30(33)34/h2-11,13,21H,12,14H2,1H3. The summed E-state index contributed by atoms with van der Waals surface area (Å²) in [6.07, 6.45) is 0.164. The monoisotopic (exact) mass is 555 g/mol.